The first-order chi connectivity index (χ1) is 14.0. The average Bonchev–Trinajstić information content (AvgIpc) is 3.17. The maximum atomic E-state index is 12.6. The Morgan fingerprint density at radius 3 is 2.34 bits per heavy atom. The molecule has 6 heteroatoms. The molecule has 1 amide bonds. The molecule has 0 aliphatic heterocycles. The fourth-order valence-corrected chi connectivity index (χ4v) is 6.80. The van der Waals surface area contributed by atoms with Crippen molar-refractivity contribution >= 4 is 23.4 Å². The van der Waals surface area contributed by atoms with Crippen LogP contribution >= 0.6 is 11.8 Å². The van der Waals surface area contributed by atoms with Crippen LogP contribution in [0.25, 0.3) is 0 Å². The predicted molar refractivity (Wildman–Crippen MR) is 114 cm³/mol. The van der Waals surface area contributed by atoms with Gasteiger partial charge in [-0.3, -0.25) is 4.79 Å². The molecular formula is C23H29N3O2S. The van der Waals surface area contributed by atoms with Gasteiger partial charge in [-0.05, 0) is 87.3 Å². The molecule has 5 nitrogen and oxygen atoms in total. The Labute approximate surface area is 176 Å². The smallest absolute Gasteiger partial charge is 0.277 e. The minimum Gasteiger partial charge on any atom is -0.415 e. The van der Waals surface area contributed by atoms with E-state index in [1.807, 2.05) is 31.2 Å². The van der Waals surface area contributed by atoms with E-state index in [9.17, 15) is 4.79 Å². The monoisotopic (exact) mass is 411 g/mol. The number of carbonyl (C=O) groups is 1. The first-order valence-corrected chi connectivity index (χ1v) is 11.8. The van der Waals surface area contributed by atoms with Gasteiger partial charge in [0.25, 0.3) is 5.22 Å². The summed E-state index contributed by atoms with van der Waals surface area (Å²) < 4.78 is 6.13. The lowest BCUT2D eigenvalue weighted by Crippen LogP contribution is -2.48. The molecule has 4 saturated carbocycles. The number of aryl methyl sites for hydroxylation is 1. The van der Waals surface area contributed by atoms with Gasteiger partial charge in [0, 0.05) is 11.1 Å². The summed E-state index contributed by atoms with van der Waals surface area (Å²) in [5, 5.41) is 11.9. The standard InChI is InChI=1S/C23H29N3O2S/c1-3-15-4-6-19(7-5-15)24-20(27)14(2)29-22-26-25-21(28-22)23-11-16-8-17(12-23)10-18(9-16)13-23/h4-7,14,16-18H,3,8-13H2,1-2H3,(H,24,27)/t14-,16?,17?,18?,23?/m0/s1. The second-order valence-electron chi connectivity index (χ2n) is 9.37. The molecule has 0 unspecified atom stereocenters. The van der Waals surface area contributed by atoms with Crippen LogP contribution in [0, 0.1) is 17.8 Å². The van der Waals surface area contributed by atoms with Gasteiger partial charge in [-0.1, -0.05) is 30.8 Å². The van der Waals surface area contributed by atoms with Crippen molar-refractivity contribution in [1.82, 2.24) is 10.2 Å². The summed E-state index contributed by atoms with van der Waals surface area (Å²) in [6, 6.07) is 7.99. The van der Waals surface area contributed by atoms with Crippen LogP contribution in [0.5, 0.6) is 0 Å². The number of thioether (sulfide) groups is 1. The van der Waals surface area contributed by atoms with E-state index in [1.165, 1.54) is 55.9 Å². The molecule has 4 bridgehead atoms. The quantitative estimate of drug-likeness (QED) is 0.660. The molecule has 2 aromatic rings. The third kappa shape index (κ3) is 3.72. The number of carbonyl (C=O) groups excluding carboxylic acids is 1. The van der Waals surface area contributed by atoms with Crippen molar-refractivity contribution in [3.05, 3.63) is 35.7 Å². The largest absolute Gasteiger partial charge is 0.415 e. The predicted octanol–water partition coefficient (Wildman–Crippen LogP) is 5.22. The van der Waals surface area contributed by atoms with Gasteiger partial charge >= 0.3 is 0 Å². The van der Waals surface area contributed by atoms with E-state index < -0.39 is 0 Å². The van der Waals surface area contributed by atoms with E-state index >= 15 is 0 Å². The lowest BCUT2D eigenvalue weighted by Gasteiger charge is -2.55. The number of nitrogens with zero attached hydrogens (tertiary/aromatic N) is 2. The maximum absolute atomic E-state index is 12.6. The zero-order chi connectivity index (χ0) is 20.0. The minimum atomic E-state index is -0.300. The molecule has 1 N–H and O–H groups in total. The number of aromatic nitrogens is 2. The SMILES string of the molecule is CCc1ccc(NC(=O)[C@H](C)Sc2nnc(C34CC5CC(CC(C5)C3)C4)o2)cc1. The first kappa shape index (κ1) is 19.2. The van der Waals surface area contributed by atoms with Crippen LogP contribution in [0.1, 0.15) is 63.8 Å². The molecule has 0 saturated heterocycles. The minimum absolute atomic E-state index is 0.0474. The van der Waals surface area contributed by atoms with Gasteiger partial charge in [0.05, 0.1) is 5.25 Å². The Bertz CT molecular complexity index is 856. The highest BCUT2D eigenvalue weighted by Crippen LogP contribution is 2.60. The molecule has 29 heavy (non-hydrogen) atoms. The summed E-state index contributed by atoms with van der Waals surface area (Å²) in [6.45, 7) is 4.00. The number of hydrogen-bond acceptors (Lipinski definition) is 5. The topological polar surface area (TPSA) is 68.0 Å². The van der Waals surface area contributed by atoms with Gasteiger partial charge in [-0.15, -0.1) is 10.2 Å². The van der Waals surface area contributed by atoms with Crippen molar-refractivity contribution in [2.75, 3.05) is 5.32 Å². The molecule has 4 aliphatic rings. The molecule has 154 valence electrons. The second-order valence-corrected chi connectivity index (χ2v) is 10.7. The van der Waals surface area contributed by atoms with Gasteiger partial charge in [0.1, 0.15) is 0 Å². The Balaban J connectivity index is 1.23. The van der Waals surface area contributed by atoms with Crippen molar-refractivity contribution in [3.63, 3.8) is 0 Å². The molecule has 1 atom stereocenters. The Morgan fingerprint density at radius 1 is 1.14 bits per heavy atom. The van der Waals surface area contributed by atoms with E-state index in [2.05, 4.69) is 22.4 Å². The van der Waals surface area contributed by atoms with E-state index in [0.29, 0.717) is 5.22 Å². The van der Waals surface area contributed by atoms with Gasteiger partial charge in [-0.2, -0.15) is 0 Å². The molecule has 4 aliphatic carbocycles. The summed E-state index contributed by atoms with van der Waals surface area (Å²) in [5.74, 6) is 3.30. The van der Waals surface area contributed by atoms with Gasteiger partial charge in [0.15, 0.2) is 0 Å². The number of hydrogen-bond donors (Lipinski definition) is 1. The summed E-state index contributed by atoms with van der Waals surface area (Å²) in [4.78, 5) is 12.6. The summed E-state index contributed by atoms with van der Waals surface area (Å²) >= 11 is 1.35. The van der Waals surface area contributed by atoms with Crippen LogP contribution in [-0.2, 0) is 16.6 Å². The lowest BCUT2D eigenvalue weighted by molar-refractivity contribution is -0.115. The van der Waals surface area contributed by atoms with Crippen molar-refractivity contribution in [1.29, 1.82) is 0 Å². The first-order valence-electron chi connectivity index (χ1n) is 10.9. The van der Waals surface area contributed by atoms with Crippen molar-refractivity contribution in [2.24, 2.45) is 17.8 Å². The number of nitrogens with one attached hydrogen (secondary N) is 1. The summed E-state index contributed by atoms with van der Waals surface area (Å²) in [6.07, 6.45) is 8.78. The van der Waals surface area contributed by atoms with Crippen LogP contribution in [0.3, 0.4) is 0 Å². The van der Waals surface area contributed by atoms with Crippen LogP contribution in [-0.4, -0.2) is 21.4 Å². The number of anilines is 1. The zero-order valence-electron chi connectivity index (χ0n) is 17.2. The summed E-state index contributed by atoms with van der Waals surface area (Å²) in [5.41, 5.74) is 2.18. The van der Waals surface area contributed by atoms with Crippen LogP contribution in [0.4, 0.5) is 5.69 Å². The highest BCUT2D eigenvalue weighted by Gasteiger charge is 2.54. The van der Waals surface area contributed by atoms with E-state index in [-0.39, 0.29) is 16.6 Å². The Kier molecular flexibility index (Phi) is 4.93. The van der Waals surface area contributed by atoms with Crippen molar-refractivity contribution in [2.45, 2.75) is 74.7 Å². The maximum Gasteiger partial charge on any atom is 0.277 e. The highest BCUT2D eigenvalue weighted by atomic mass is 32.2. The highest BCUT2D eigenvalue weighted by molar-refractivity contribution is 8.00. The molecule has 6 rings (SSSR count). The number of benzene rings is 1. The average molecular weight is 412 g/mol. The molecule has 0 spiro atoms. The number of rotatable bonds is 6. The Hall–Kier alpha value is -1.82. The van der Waals surface area contributed by atoms with Crippen molar-refractivity contribution in [3.8, 4) is 0 Å². The van der Waals surface area contributed by atoms with E-state index in [4.69, 9.17) is 4.42 Å². The molecule has 1 aromatic heterocycles. The molecule has 1 aromatic carbocycles. The van der Waals surface area contributed by atoms with Crippen molar-refractivity contribution < 1.29 is 9.21 Å². The van der Waals surface area contributed by atoms with Crippen LogP contribution in [0.2, 0.25) is 0 Å². The third-order valence-corrected chi connectivity index (χ3v) is 8.11. The fourth-order valence-electron chi connectivity index (χ4n) is 6.12. The molecular weight excluding hydrogens is 382 g/mol. The van der Waals surface area contributed by atoms with E-state index in [1.54, 1.807) is 0 Å². The second kappa shape index (κ2) is 7.46. The van der Waals surface area contributed by atoms with E-state index in [0.717, 1.165) is 35.8 Å². The van der Waals surface area contributed by atoms with Gasteiger partial charge in [-0.25, -0.2) is 0 Å². The number of amides is 1. The van der Waals surface area contributed by atoms with Gasteiger partial charge in [0.2, 0.25) is 11.8 Å². The molecule has 0 radical (unpaired) electrons. The fraction of sp³-hybridized carbons (Fsp3) is 0.609. The van der Waals surface area contributed by atoms with Crippen LogP contribution in [0.15, 0.2) is 33.9 Å². The lowest BCUT2D eigenvalue weighted by atomic mass is 9.49. The third-order valence-electron chi connectivity index (χ3n) is 7.17. The molecule has 4 fully saturated rings. The summed E-state index contributed by atoms with van der Waals surface area (Å²) in [7, 11) is 0. The van der Waals surface area contributed by atoms with Gasteiger partial charge < -0.3 is 9.73 Å². The zero-order valence-corrected chi connectivity index (χ0v) is 18.0. The Morgan fingerprint density at radius 2 is 1.76 bits per heavy atom. The molecule has 1 heterocycles. The normalized spacial score (nSPS) is 31.0. The van der Waals surface area contributed by atoms with Crippen LogP contribution < -0.4 is 5.32 Å².